The van der Waals surface area contributed by atoms with Crippen LogP contribution in [-0.2, 0) is 4.74 Å². The normalized spacial score (nSPS) is 18.5. The second-order valence-corrected chi connectivity index (χ2v) is 8.35. The van der Waals surface area contributed by atoms with Crippen molar-refractivity contribution in [2.45, 2.75) is 12.5 Å². The van der Waals surface area contributed by atoms with Gasteiger partial charge in [0.05, 0.1) is 32.1 Å². The summed E-state index contributed by atoms with van der Waals surface area (Å²) in [4.78, 5) is 17.6. The van der Waals surface area contributed by atoms with Gasteiger partial charge in [0.25, 0.3) is 5.91 Å². The first-order valence-electron chi connectivity index (χ1n) is 11.2. The number of halogens is 1. The van der Waals surface area contributed by atoms with E-state index in [1.54, 1.807) is 13.2 Å². The Bertz CT molecular complexity index is 1120. The zero-order valence-electron chi connectivity index (χ0n) is 18.6. The van der Waals surface area contributed by atoms with Crippen molar-refractivity contribution in [1.82, 2.24) is 20.0 Å². The number of morpholine rings is 1. The lowest BCUT2D eigenvalue weighted by atomic mass is 9.96. The number of benzene rings is 2. The lowest BCUT2D eigenvalue weighted by molar-refractivity contribution is 0.0354. The molecule has 1 N–H and O–H groups in total. The van der Waals surface area contributed by atoms with E-state index in [1.165, 1.54) is 12.1 Å². The summed E-state index contributed by atoms with van der Waals surface area (Å²) in [6.07, 6.45) is 0.827. The number of hydrogen-bond donors (Lipinski definition) is 1. The van der Waals surface area contributed by atoms with Crippen LogP contribution >= 0.6 is 0 Å². The van der Waals surface area contributed by atoms with Gasteiger partial charge in [-0.2, -0.15) is 5.10 Å². The number of fused-ring (bicyclic) bond motifs is 1. The van der Waals surface area contributed by atoms with Crippen LogP contribution in [0.4, 0.5) is 4.39 Å². The minimum atomic E-state index is -0.399. The minimum absolute atomic E-state index is 0.103. The number of ether oxygens (including phenoxy) is 2. The summed E-state index contributed by atoms with van der Waals surface area (Å²) in [5.41, 5.74) is 3.58. The largest absolute Gasteiger partial charge is 0.497 e. The Balaban J connectivity index is 1.47. The Kier molecular flexibility index (Phi) is 6.11. The first-order chi connectivity index (χ1) is 16.2. The number of H-pyrrole nitrogens is 1. The van der Waals surface area contributed by atoms with Crippen LogP contribution in [0, 0.1) is 5.82 Å². The third-order valence-corrected chi connectivity index (χ3v) is 6.37. The molecule has 0 radical (unpaired) electrons. The van der Waals surface area contributed by atoms with Gasteiger partial charge in [0.15, 0.2) is 0 Å². The third-order valence-electron chi connectivity index (χ3n) is 6.37. The predicted octanol–water partition coefficient (Wildman–Crippen LogP) is 3.49. The smallest absolute Gasteiger partial charge is 0.273 e. The molecule has 1 amide bonds. The number of methoxy groups -OCH3 is 1. The summed E-state index contributed by atoms with van der Waals surface area (Å²) in [7, 11) is 1.62. The number of aromatic amines is 1. The molecule has 0 aliphatic carbocycles. The quantitative estimate of drug-likeness (QED) is 0.597. The van der Waals surface area contributed by atoms with Gasteiger partial charge >= 0.3 is 0 Å². The summed E-state index contributed by atoms with van der Waals surface area (Å²) >= 11 is 0. The Labute approximate surface area is 192 Å². The van der Waals surface area contributed by atoms with Gasteiger partial charge < -0.3 is 14.4 Å². The van der Waals surface area contributed by atoms with E-state index in [0.29, 0.717) is 17.9 Å². The van der Waals surface area contributed by atoms with Gasteiger partial charge in [-0.3, -0.25) is 14.8 Å². The van der Waals surface area contributed by atoms with E-state index in [2.05, 4.69) is 15.1 Å². The highest BCUT2D eigenvalue weighted by molar-refractivity contribution is 6.00. The van der Waals surface area contributed by atoms with E-state index >= 15 is 0 Å². The van der Waals surface area contributed by atoms with Crippen molar-refractivity contribution in [1.29, 1.82) is 0 Å². The monoisotopic (exact) mass is 450 g/mol. The second-order valence-electron chi connectivity index (χ2n) is 8.35. The van der Waals surface area contributed by atoms with Gasteiger partial charge in [0.1, 0.15) is 17.3 Å². The Hall–Kier alpha value is -3.23. The molecule has 1 fully saturated rings. The zero-order valence-corrected chi connectivity index (χ0v) is 18.6. The molecular formula is C25H27FN4O3. The number of carbonyl (C=O) groups is 1. The fraction of sp³-hybridized carbons (Fsp3) is 0.360. The maximum atomic E-state index is 14.2. The molecule has 0 saturated carbocycles. The van der Waals surface area contributed by atoms with Gasteiger partial charge in [-0.05, 0) is 48.4 Å². The number of nitrogens with one attached hydrogen (secondary N) is 1. The number of hydrogen-bond acceptors (Lipinski definition) is 5. The molecule has 2 aromatic carbocycles. The van der Waals surface area contributed by atoms with Crippen molar-refractivity contribution in [3.63, 3.8) is 0 Å². The molecule has 7 nitrogen and oxygen atoms in total. The van der Waals surface area contributed by atoms with Gasteiger partial charge in [0.2, 0.25) is 0 Å². The molecule has 172 valence electrons. The average molecular weight is 451 g/mol. The lowest BCUT2D eigenvalue weighted by Gasteiger charge is -2.29. The first kappa shape index (κ1) is 21.6. The molecule has 0 spiro atoms. The molecule has 2 aliphatic rings. The number of rotatable bonds is 7. The van der Waals surface area contributed by atoms with Crippen LogP contribution in [0.1, 0.15) is 34.1 Å². The Morgan fingerprint density at radius 2 is 1.94 bits per heavy atom. The van der Waals surface area contributed by atoms with Gasteiger partial charge in [-0.1, -0.05) is 12.1 Å². The van der Waals surface area contributed by atoms with E-state index in [0.717, 1.165) is 61.7 Å². The van der Waals surface area contributed by atoms with Gasteiger partial charge in [-0.25, -0.2) is 4.39 Å². The Morgan fingerprint density at radius 3 is 2.67 bits per heavy atom. The molecule has 8 heteroatoms. The van der Waals surface area contributed by atoms with Crippen molar-refractivity contribution < 1.29 is 18.7 Å². The SMILES string of the molecule is COc1ccc(-c2n[nH]c3c2C(c2cccc(F)c2)N(CCCN2CCOCC2)C3=O)cc1. The summed E-state index contributed by atoms with van der Waals surface area (Å²) < 4.78 is 24.9. The number of nitrogens with zero attached hydrogens (tertiary/aromatic N) is 3. The van der Waals surface area contributed by atoms with Crippen molar-refractivity contribution in [3.05, 3.63) is 71.2 Å². The third kappa shape index (κ3) is 4.24. The van der Waals surface area contributed by atoms with Crippen LogP contribution in [0.3, 0.4) is 0 Å². The second kappa shape index (κ2) is 9.33. The van der Waals surface area contributed by atoms with E-state index in [1.807, 2.05) is 35.2 Å². The van der Waals surface area contributed by atoms with E-state index in [9.17, 15) is 9.18 Å². The topological polar surface area (TPSA) is 70.7 Å². The fourth-order valence-corrected chi connectivity index (χ4v) is 4.71. The van der Waals surface area contributed by atoms with Crippen molar-refractivity contribution in [3.8, 4) is 17.0 Å². The molecule has 3 heterocycles. The molecule has 2 aliphatic heterocycles. The standard InChI is InChI=1S/C25H27FN4O3/c1-32-20-8-6-17(7-9-20)22-21-23(28-27-22)25(31)30(11-3-10-29-12-14-33-15-13-29)24(21)18-4-2-5-19(26)16-18/h2,4-9,16,24H,3,10-15H2,1H3,(H,27,28). The summed E-state index contributed by atoms with van der Waals surface area (Å²) in [5, 5.41) is 7.43. The Morgan fingerprint density at radius 1 is 1.15 bits per heavy atom. The highest BCUT2D eigenvalue weighted by atomic mass is 19.1. The molecule has 5 rings (SSSR count). The average Bonchev–Trinajstić information content (AvgIpc) is 3.39. The summed E-state index contributed by atoms with van der Waals surface area (Å²) in [6, 6.07) is 13.7. The zero-order chi connectivity index (χ0) is 22.8. The van der Waals surface area contributed by atoms with Crippen molar-refractivity contribution in [2.75, 3.05) is 46.5 Å². The minimum Gasteiger partial charge on any atom is -0.497 e. The summed E-state index contributed by atoms with van der Waals surface area (Å²) in [5.74, 6) is 0.318. The number of amides is 1. The number of aromatic nitrogens is 2. The highest BCUT2D eigenvalue weighted by Crippen LogP contribution is 2.43. The molecule has 1 saturated heterocycles. The molecule has 0 bridgehead atoms. The van der Waals surface area contributed by atoms with E-state index in [-0.39, 0.29) is 11.7 Å². The summed E-state index contributed by atoms with van der Waals surface area (Å²) in [6.45, 7) is 4.77. The molecule has 1 atom stereocenters. The van der Waals surface area contributed by atoms with Gasteiger partial charge in [-0.15, -0.1) is 0 Å². The van der Waals surface area contributed by atoms with Crippen LogP contribution < -0.4 is 4.74 Å². The highest BCUT2D eigenvalue weighted by Gasteiger charge is 2.42. The van der Waals surface area contributed by atoms with Crippen molar-refractivity contribution in [2.24, 2.45) is 0 Å². The number of carbonyl (C=O) groups excluding carboxylic acids is 1. The molecule has 33 heavy (non-hydrogen) atoms. The maximum Gasteiger partial charge on any atom is 0.273 e. The lowest BCUT2D eigenvalue weighted by Crippen LogP contribution is -2.38. The fourth-order valence-electron chi connectivity index (χ4n) is 4.71. The van der Waals surface area contributed by atoms with Crippen molar-refractivity contribution >= 4 is 5.91 Å². The predicted molar refractivity (Wildman–Crippen MR) is 122 cm³/mol. The molecule has 1 unspecified atom stereocenters. The molecular weight excluding hydrogens is 423 g/mol. The van der Waals surface area contributed by atoms with Crippen LogP contribution in [0.5, 0.6) is 5.75 Å². The van der Waals surface area contributed by atoms with Gasteiger partial charge in [0, 0.05) is 37.3 Å². The maximum absolute atomic E-state index is 14.2. The van der Waals surface area contributed by atoms with Crippen LogP contribution in [0.25, 0.3) is 11.3 Å². The molecule has 3 aromatic rings. The van der Waals surface area contributed by atoms with Crippen LogP contribution in [0.2, 0.25) is 0 Å². The van der Waals surface area contributed by atoms with Crippen LogP contribution in [-0.4, -0.2) is 72.4 Å². The first-order valence-corrected chi connectivity index (χ1v) is 11.2. The van der Waals surface area contributed by atoms with Crippen LogP contribution in [0.15, 0.2) is 48.5 Å². The van der Waals surface area contributed by atoms with E-state index in [4.69, 9.17) is 9.47 Å². The molecule has 1 aromatic heterocycles. The van der Waals surface area contributed by atoms with E-state index < -0.39 is 6.04 Å².